The van der Waals surface area contributed by atoms with E-state index < -0.39 is 0 Å². The van der Waals surface area contributed by atoms with Crippen LogP contribution in [-0.4, -0.2) is 42.6 Å². The van der Waals surface area contributed by atoms with Gasteiger partial charge < -0.3 is 15.8 Å². The minimum atomic E-state index is 0. The van der Waals surface area contributed by atoms with Crippen LogP contribution < -0.4 is 15.8 Å². The first-order valence-electron chi connectivity index (χ1n) is 9.56. The summed E-state index contributed by atoms with van der Waals surface area (Å²) in [6.45, 7) is 6.42. The highest BCUT2D eigenvalue weighted by atomic mass is 35.5. The molecule has 152 valence electrons. The molecule has 0 bridgehead atoms. The van der Waals surface area contributed by atoms with Crippen molar-refractivity contribution in [2.75, 3.05) is 19.6 Å². The van der Waals surface area contributed by atoms with Gasteiger partial charge in [0.05, 0.1) is 12.6 Å². The van der Waals surface area contributed by atoms with Gasteiger partial charge in [-0.25, -0.2) is 0 Å². The molecule has 1 aliphatic heterocycles. The predicted molar refractivity (Wildman–Crippen MR) is 115 cm³/mol. The SMILES string of the molecule is CC(C)Oc1cccc(CNC(=O)CN2C[C@@H](N)[C@H](c3ccccc3)C2)c1.Cl. The van der Waals surface area contributed by atoms with Crippen LogP contribution in [0.15, 0.2) is 54.6 Å². The minimum Gasteiger partial charge on any atom is -0.491 e. The summed E-state index contributed by atoms with van der Waals surface area (Å²) in [5, 5.41) is 3.00. The van der Waals surface area contributed by atoms with E-state index in [0.29, 0.717) is 13.1 Å². The minimum absolute atomic E-state index is 0. The number of carbonyl (C=O) groups excluding carboxylic acids is 1. The maximum atomic E-state index is 12.4. The quantitative estimate of drug-likeness (QED) is 0.745. The highest BCUT2D eigenvalue weighted by Gasteiger charge is 2.31. The van der Waals surface area contributed by atoms with E-state index in [1.54, 1.807) is 0 Å². The second-order valence-corrected chi connectivity index (χ2v) is 7.47. The molecule has 1 saturated heterocycles. The second kappa shape index (κ2) is 10.5. The molecule has 3 N–H and O–H groups in total. The third kappa shape index (κ3) is 6.23. The fourth-order valence-corrected chi connectivity index (χ4v) is 3.56. The molecule has 2 aromatic rings. The molecule has 1 aliphatic rings. The number of ether oxygens (including phenoxy) is 1. The standard InChI is InChI=1S/C22H29N3O2.ClH/c1-16(2)27-19-10-6-7-17(11-19)12-24-22(26)15-25-13-20(21(23)14-25)18-8-4-3-5-9-18;/h3-11,16,20-21H,12-15,23H2,1-2H3,(H,24,26);1H/t20-,21+;/m0./s1. The zero-order valence-electron chi connectivity index (χ0n) is 16.5. The monoisotopic (exact) mass is 403 g/mol. The van der Waals surface area contributed by atoms with Crippen LogP contribution in [0.1, 0.15) is 30.9 Å². The van der Waals surface area contributed by atoms with Gasteiger partial charge in [-0.1, -0.05) is 42.5 Å². The fourth-order valence-electron chi connectivity index (χ4n) is 3.56. The van der Waals surface area contributed by atoms with Crippen molar-refractivity contribution in [3.8, 4) is 5.75 Å². The van der Waals surface area contributed by atoms with Gasteiger partial charge in [-0.2, -0.15) is 0 Å². The van der Waals surface area contributed by atoms with Crippen LogP contribution in [0.5, 0.6) is 5.75 Å². The molecule has 0 radical (unpaired) electrons. The summed E-state index contributed by atoms with van der Waals surface area (Å²) in [5.74, 6) is 1.13. The number of benzene rings is 2. The first kappa shape index (κ1) is 22.2. The van der Waals surface area contributed by atoms with Crippen LogP contribution in [0, 0.1) is 0 Å². The van der Waals surface area contributed by atoms with Gasteiger partial charge in [-0.05, 0) is 37.1 Å². The van der Waals surface area contributed by atoms with E-state index in [0.717, 1.165) is 24.4 Å². The number of hydrogen-bond acceptors (Lipinski definition) is 4. The van der Waals surface area contributed by atoms with Crippen molar-refractivity contribution in [3.05, 3.63) is 65.7 Å². The molecule has 1 heterocycles. The lowest BCUT2D eigenvalue weighted by molar-refractivity contribution is -0.122. The largest absolute Gasteiger partial charge is 0.491 e. The van der Waals surface area contributed by atoms with Crippen molar-refractivity contribution in [2.24, 2.45) is 5.73 Å². The van der Waals surface area contributed by atoms with E-state index >= 15 is 0 Å². The molecule has 0 unspecified atom stereocenters. The molecule has 1 fully saturated rings. The molecule has 3 rings (SSSR count). The summed E-state index contributed by atoms with van der Waals surface area (Å²) in [7, 11) is 0. The van der Waals surface area contributed by atoms with Gasteiger partial charge >= 0.3 is 0 Å². The number of hydrogen-bond donors (Lipinski definition) is 2. The fraction of sp³-hybridized carbons (Fsp3) is 0.409. The third-order valence-corrected chi connectivity index (χ3v) is 4.80. The summed E-state index contributed by atoms with van der Waals surface area (Å²) in [4.78, 5) is 14.5. The highest BCUT2D eigenvalue weighted by Crippen LogP contribution is 2.26. The molecule has 1 amide bonds. The molecule has 0 aromatic heterocycles. The maximum absolute atomic E-state index is 12.4. The van der Waals surface area contributed by atoms with Gasteiger partial charge in [0, 0.05) is 31.6 Å². The van der Waals surface area contributed by atoms with Gasteiger partial charge in [0.2, 0.25) is 5.91 Å². The molecule has 6 heteroatoms. The number of halogens is 1. The molecule has 28 heavy (non-hydrogen) atoms. The summed E-state index contributed by atoms with van der Waals surface area (Å²) in [6, 6.07) is 18.2. The van der Waals surface area contributed by atoms with Crippen molar-refractivity contribution in [1.29, 1.82) is 0 Å². The van der Waals surface area contributed by atoms with Crippen LogP contribution in [0.2, 0.25) is 0 Å². The molecular weight excluding hydrogens is 374 g/mol. The Balaban J connectivity index is 0.00000280. The maximum Gasteiger partial charge on any atom is 0.234 e. The van der Waals surface area contributed by atoms with Crippen LogP contribution >= 0.6 is 12.4 Å². The van der Waals surface area contributed by atoms with E-state index in [1.165, 1.54) is 5.56 Å². The molecular formula is C22H30ClN3O2. The van der Waals surface area contributed by atoms with E-state index in [1.807, 2.05) is 56.3 Å². The Kier molecular flexibility index (Phi) is 8.30. The Morgan fingerprint density at radius 2 is 1.93 bits per heavy atom. The van der Waals surface area contributed by atoms with Gasteiger partial charge in [-0.15, -0.1) is 12.4 Å². The lowest BCUT2D eigenvalue weighted by atomic mass is 9.95. The number of carbonyl (C=O) groups is 1. The summed E-state index contributed by atoms with van der Waals surface area (Å²) < 4.78 is 5.70. The van der Waals surface area contributed by atoms with Crippen molar-refractivity contribution >= 4 is 18.3 Å². The van der Waals surface area contributed by atoms with Crippen molar-refractivity contribution in [1.82, 2.24) is 10.2 Å². The van der Waals surface area contributed by atoms with Crippen LogP contribution in [0.25, 0.3) is 0 Å². The summed E-state index contributed by atoms with van der Waals surface area (Å²) >= 11 is 0. The highest BCUT2D eigenvalue weighted by molar-refractivity contribution is 5.85. The van der Waals surface area contributed by atoms with E-state index in [-0.39, 0.29) is 36.4 Å². The Morgan fingerprint density at radius 3 is 2.64 bits per heavy atom. The van der Waals surface area contributed by atoms with Crippen LogP contribution in [-0.2, 0) is 11.3 Å². The average molecular weight is 404 g/mol. The third-order valence-electron chi connectivity index (χ3n) is 4.80. The van der Waals surface area contributed by atoms with Crippen molar-refractivity contribution in [2.45, 2.75) is 38.5 Å². The first-order chi connectivity index (χ1) is 13.0. The van der Waals surface area contributed by atoms with Crippen molar-refractivity contribution < 1.29 is 9.53 Å². The average Bonchev–Trinajstić information content (AvgIpc) is 3.00. The van der Waals surface area contributed by atoms with Crippen LogP contribution in [0.3, 0.4) is 0 Å². The van der Waals surface area contributed by atoms with Gasteiger partial charge in [0.15, 0.2) is 0 Å². The predicted octanol–water partition coefficient (Wildman–Crippen LogP) is 2.94. The number of nitrogens with zero attached hydrogens (tertiary/aromatic N) is 1. The van der Waals surface area contributed by atoms with Crippen LogP contribution in [0.4, 0.5) is 0 Å². The lowest BCUT2D eigenvalue weighted by Gasteiger charge is -2.16. The molecule has 2 aromatic carbocycles. The molecule has 0 saturated carbocycles. The summed E-state index contributed by atoms with van der Waals surface area (Å²) in [5.41, 5.74) is 8.59. The normalized spacial score (nSPS) is 19.3. The smallest absolute Gasteiger partial charge is 0.234 e. The van der Waals surface area contributed by atoms with E-state index in [2.05, 4.69) is 22.3 Å². The van der Waals surface area contributed by atoms with E-state index in [4.69, 9.17) is 10.5 Å². The number of likely N-dealkylation sites (tertiary alicyclic amines) is 1. The Hall–Kier alpha value is -2.08. The Morgan fingerprint density at radius 1 is 1.18 bits per heavy atom. The number of amides is 1. The van der Waals surface area contributed by atoms with Gasteiger partial charge in [-0.3, -0.25) is 9.69 Å². The number of rotatable bonds is 7. The summed E-state index contributed by atoms with van der Waals surface area (Å²) in [6.07, 6.45) is 0.131. The molecule has 5 nitrogen and oxygen atoms in total. The van der Waals surface area contributed by atoms with Crippen molar-refractivity contribution in [3.63, 3.8) is 0 Å². The molecule has 0 aliphatic carbocycles. The molecule has 2 atom stereocenters. The lowest BCUT2D eigenvalue weighted by Crippen LogP contribution is -2.37. The Bertz CT molecular complexity index is 754. The second-order valence-electron chi connectivity index (χ2n) is 7.47. The number of nitrogens with two attached hydrogens (primary N) is 1. The Labute approximate surface area is 173 Å². The molecule has 0 spiro atoms. The zero-order valence-corrected chi connectivity index (χ0v) is 17.3. The van der Waals surface area contributed by atoms with E-state index in [9.17, 15) is 4.79 Å². The van der Waals surface area contributed by atoms with Gasteiger partial charge in [0.1, 0.15) is 5.75 Å². The topological polar surface area (TPSA) is 67.6 Å². The van der Waals surface area contributed by atoms with Gasteiger partial charge in [0.25, 0.3) is 0 Å². The zero-order chi connectivity index (χ0) is 19.2. The first-order valence-corrected chi connectivity index (χ1v) is 9.56. The number of nitrogens with one attached hydrogen (secondary N) is 1.